The molecule has 1 fully saturated rings. The van der Waals surface area contributed by atoms with Gasteiger partial charge in [0, 0.05) is 11.3 Å². The molecular weight excluding hydrogens is 292 g/mol. The van der Waals surface area contributed by atoms with E-state index in [-0.39, 0.29) is 11.3 Å². The number of carboxylic acids is 1. The molecule has 0 spiro atoms. The first-order valence-electron chi connectivity index (χ1n) is 6.55. The summed E-state index contributed by atoms with van der Waals surface area (Å²) in [7, 11) is 0. The van der Waals surface area contributed by atoms with Crippen LogP contribution in [0.5, 0.6) is 0 Å². The van der Waals surface area contributed by atoms with Gasteiger partial charge in [-0.15, -0.1) is 11.8 Å². The van der Waals surface area contributed by atoms with E-state index in [1.807, 2.05) is 12.1 Å². The van der Waals surface area contributed by atoms with E-state index in [0.29, 0.717) is 11.3 Å². The quantitative estimate of drug-likeness (QED) is 0.814. The number of carbonyl (C=O) groups excluding carboxylic acids is 3. The number of carboxylic acid groups (broad SMARTS) is 1. The number of fused-ring (bicyclic) bond motifs is 3. The van der Waals surface area contributed by atoms with Crippen molar-refractivity contribution in [1.82, 2.24) is 10.2 Å². The number of amides is 2. The number of nitrogens with zero attached hydrogens (tertiary/aromatic N) is 1. The minimum atomic E-state index is -1.35. The van der Waals surface area contributed by atoms with Crippen LogP contribution >= 0.6 is 11.8 Å². The molecule has 3 rings (SSSR count). The summed E-state index contributed by atoms with van der Waals surface area (Å²) in [5.41, 5.74) is 1.52. The van der Waals surface area contributed by atoms with E-state index >= 15 is 0 Å². The van der Waals surface area contributed by atoms with Crippen molar-refractivity contribution in [2.45, 2.75) is 24.4 Å². The number of hydrogen-bond acceptors (Lipinski definition) is 5. The molecule has 2 aliphatic heterocycles. The monoisotopic (exact) mass is 305 g/mol. The average molecular weight is 305 g/mol. The summed E-state index contributed by atoms with van der Waals surface area (Å²) in [5, 5.41) is 12.9. The predicted octanol–water partition coefficient (Wildman–Crippen LogP) is -0.489. The molecule has 2 amide bonds. The van der Waals surface area contributed by atoms with E-state index in [4.69, 9.17) is 0 Å². The van der Waals surface area contributed by atoms with E-state index < -0.39 is 24.0 Å². The molecule has 0 aliphatic carbocycles. The molecule has 0 aromatic heterocycles. The number of hydrogen-bond donors (Lipinski definition) is 1. The molecule has 21 heavy (non-hydrogen) atoms. The summed E-state index contributed by atoms with van der Waals surface area (Å²) in [4.78, 5) is 36.8. The Kier molecular flexibility index (Phi) is 3.36. The predicted molar refractivity (Wildman–Crippen MR) is 74.2 cm³/mol. The first-order valence-corrected chi connectivity index (χ1v) is 7.60. The van der Waals surface area contributed by atoms with Crippen LogP contribution in [0.4, 0.5) is 0 Å². The smallest absolute Gasteiger partial charge is 0.256 e. The van der Waals surface area contributed by atoms with Gasteiger partial charge in [-0.1, -0.05) is 18.2 Å². The molecule has 0 radical (unpaired) electrons. The van der Waals surface area contributed by atoms with Crippen LogP contribution < -0.4 is 10.4 Å². The summed E-state index contributed by atoms with van der Waals surface area (Å²) in [6.07, 6.45) is 0. The molecule has 0 saturated carbocycles. The van der Waals surface area contributed by atoms with Gasteiger partial charge in [-0.25, -0.2) is 0 Å². The molecule has 1 saturated heterocycles. The van der Waals surface area contributed by atoms with Crippen molar-refractivity contribution in [2.24, 2.45) is 0 Å². The molecule has 3 atom stereocenters. The van der Waals surface area contributed by atoms with E-state index in [1.54, 1.807) is 12.1 Å². The summed E-state index contributed by atoms with van der Waals surface area (Å²) in [5.74, 6) is -1.53. The second kappa shape index (κ2) is 5.07. The number of benzene rings is 1. The topological polar surface area (TPSA) is 89.5 Å². The minimum Gasteiger partial charge on any atom is -0.548 e. The first-order chi connectivity index (χ1) is 10.0. The summed E-state index contributed by atoms with van der Waals surface area (Å²) in [6, 6.07) is 5.55. The van der Waals surface area contributed by atoms with Crippen molar-refractivity contribution in [3.8, 4) is 0 Å². The average Bonchev–Trinajstić information content (AvgIpc) is 3.00. The molecule has 1 aromatic rings. The number of thioether (sulfide) groups is 1. The third-order valence-electron chi connectivity index (χ3n) is 3.71. The van der Waals surface area contributed by atoms with Crippen LogP contribution in [0.1, 0.15) is 28.2 Å². The number of rotatable bonds is 3. The number of aliphatic carboxylic acids is 1. The zero-order chi connectivity index (χ0) is 15.1. The lowest BCUT2D eigenvalue weighted by Crippen LogP contribution is -2.52. The molecule has 6 nitrogen and oxygen atoms in total. The minimum absolute atomic E-state index is 0.164. The van der Waals surface area contributed by atoms with Gasteiger partial charge in [-0.2, -0.15) is 0 Å². The van der Waals surface area contributed by atoms with Crippen molar-refractivity contribution in [1.29, 1.82) is 0 Å². The molecule has 1 aromatic carbocycles. The van der Waals surface area contributed by atoms with Gasteiger partial charge in [0.2, 0.25) is 5.91 Å². The maximum Gasteiger partial charge on any atom is 0.256 e. The van der Waals surface area contributed by atoms with Gasteiger partial charge < -0.3 is 20.1 Å². The van der Waals surface area contributed by atoms with Crippen LogP contribution in [-0.2, 0) is 9.59 Å². The van der Waals surface area contributed by atoms with E-state index in [9.17, 15) is 19.5 Å². The molecule has 2 heterocycles. The lowest BCUT2D eigenvalue weighted by molar-refractivity contribution is -0.307. The lowest BCUT2D eigenvalue weighted by Gasteiger charge is -2.24. The Bertz CT molecular complexity index is 633. The van der Waals surface area contributed by atoms with Gasteiger partial charge in [-0.3, -0.25) is 9.59 Å². The van der Waals surface area contributed by atoms with E-state index in [1.165, 1.54) is 23.6 Å². The summed E-state index contributed by atoms with van der Waals surface area (Å²) in [6.45, 7) is 1.34. The van der Waals surface area contributed by atoms with Crippen LogP contribution in [-0.4, -0.2) is 40.5 Å². The Morgan fingerprint density at radius 2 is 2.14 bits per heavy atom. The SMILES string of the molecule is C[C@@H](NC(=O)[C@@H]1CS[C@H]2c3ccccc3C(=O)N12)C(=O)[O-]. The molecule has 2 aliphatic rings. The highest BCUT2D eigenvalue weighted by Gasteiger charge is 2.48. The molecule has 7 heteroatoms. The molecule has 0 bridgehead atoms. The molecule has 110 valence electrons. The fraction of sp³-hybridized carbons (Fsp3) is 0.357. The largest absolute Gasteiger partial charge is 0.548 e. The fourth-order valence-corrected chi connectivity index (χ4v) is 4.08. The van der Waals surface area contributed by atoms with Gasteiger partial charge in [0.25, 0.3) is 5.91 Å². The maximum atomic E-state index is 12.4. The Balaban J connectivity index is 1.82. The van der Waals surface area contributed by atoms with Crippen molar-refractivity contribution in [2.75, 3.05) is 5.75 Å². The highest BCUT2D eigenvalue weighted by atomic mass is 32.2. The Hall–Kier alpha value is -2.02. The third kappa shape index (κ3) is 2.17. The van der Waals surface area contributed by atoms with E-state index in [0.717, 1.165) is 5.56 Å². The molecule has 1 N–H and O–H groups in total. The van der Waals surface area contributed by atoms with Crippen LogP contribution in [0.2, 0.25) is 0 Å². The summed E-state index contributed by atoms with van der Waals surface area (Å²) >= 11 is 1.51. The van der Waals surface area contributed by atoms with Crippen molar-refractivity contribution >= 4 is 29.5 Å². The zero-order valence-electron chi connectivity index (χ0n) is 11.2. The van der Waals surface area contributed by atoms with Gasteiger partial charge in [0.05, 0.1) is 12.0 Å². The Morgan fingerprint density at radius 1 is 1.43 bits per heavy atom. The van der Waals surface area contributed by atoms with Gasteiger partial charge in [0.1, 0.15) is 11.4 Å². The van der Waals surface area contributed by atoms with Crippen LogP contribution in [0, 0.1) is 0 Å². The van der Waals surface area contributed by atoms with Crippen molar-refractivity contribution in [3.05, 3.63) is 35.4 Å². The second-order valence-electron chi connectivity index (χ2n) is 5.05. The summed E-state index contributed by atoms with van der Waals surface area (Å²) < 4.78 is 0. The molecular formula is C14H13N2O4S-. The highest BCUT2D eigenvalue weighted by molar-refractivity contribution is 7.99. The Morgan fingerprint density at radius 3 is 2.86 bits per heavy atom. The first kappa shape index (κ1) is 13.9. The van der Waals surface area contributed by atoms with Crippen molar-refractivity contribution < 1.29 is 19.5 Å². The fourth-order valence-electron chi connectivity index (χ4n) is 2.61. The van der Waals surface area contributed by atoms with Gasteiger partial charge in [0.15, 0.2) is 0 Å². The second-order valence-corrected chi connectivity index (χ2v) is 6.16. The normalized spacial score (nSPS) is 24.4. The Labute approximate surface area is 125 Å². The van der Waals surface area contributed by atoms with Crippen molar-refractivity contribution in [3.63, 3.8) is 0 Å². The van der Waals surface area contributed by atoms with Crippen LogP contribution in [0.25, 0.3) is 0 Å². The third-order valence-corrected chi connectivity index (χ3v) is 5.01. The van der Waals surface area contributed by atoms with Gasteiger partial charge in [-0.05, 0) is 18.6 Å². The van der Waals surface area contributed by atoms with Crippen LogP contribution in [0.3, 0.4) is 0 Å². The van der Waals surface area contributed by atoms with Crippen LogP contribution in [0.15, 0.2) is 24.3 Å². The lowest BCUT2D eigenvalue weighted by atomic mass is 10.1. The number of carbonyl (C=O) groups is 3. The number of nitrogens with one attached hydrogen (secondary N) is 1. The highest BCUT2D eigenvalue weighted by Crippen LogP contribution is 2.47. The van der Waals surface area contributed by atoms with Gasteiger partial charge >= 0.3 is 0 Å². The standard InChI is InChI=1S/C14H14N2O4S/c1-7(14(19)20)15-11(17)10-6-21-13-9-5-3-2-4-8(9)12(18)16(10)13/h2-5,7,10,13H,6H2,1H3,(H,15,17)(H,19,20)/p-1/t7-,10+,13+/m1/s1. The zero-order valence-corrected chi connectivity index (χ0v) is 12.1. The maximum absolute atomic E-state index is 12.4. The molecule has 0 unspecified atom stereocenters. The van der Waals surface area contributed by atoms with E-state index in [2.05, 4.69) is 5.32 Å².